The number of aromatic nitrogens is 1. The van der Waals surface area contributed by atoms with Gasteiger partial charge in [-0.25, -0.2) is 0 Å². The van der Waals surface area contributed by atoms with E-state index in [-0.39, 0.29) is 11.5 Å². The Balaban J connectivity index is 1.48. The minimum absolute atomic E-state index is 0.0194. The van der Waals surface area contributed by atoms with Gasteiger partial charge < -0.3 is 14.6 Å². The zero-order valence-corrected chi connectivity index (χ0v) is 17.5. The van der Waals surface area contributed by atoms with Gasteiger partial charge in [0.05, 0.1) is 0 Å². The highest BCUT2D eigenvalue weighted by Crippen LogP contribution is 2.22. The summed E-state index contributed by atoms with van der Waals surface area (Å²) in [4.78, 5) is 25.5. The van der Waals surface area contributed by atoms with Crippen molar-refractivity contribution in [1.29, 1.82) is 0 Å². The molecule has 0 atom stereocenters. The molecule has 5 nitrogen and oxygen atoms in total. The average Bonchev–Trinajstić information content (AvgIpc) is 2.75. The van der Waals surface area contributed by atoms with Crippen molar-refractivity contribution in [1.82, 2.24) is 4.57 Å². The van der Waals surface area contributed by atoms with Gasteiger partial charge in [0.15, 0.2) is 0 Å². The highest BCUT2D eigenvalue weighted by atomic mass is 35.5. The molecule has 2 aromatic carbocycles. The maximum absolute atomic E-state index is 13.0. The van der Waals surface area contributed by atoms with E-state index < -0.39 is 0 Å². The summed E-state index contributed by atoms with van der Waals surface area (Å²) in [6.45, 7) is 2.23. The Morgan fingerprint density at radius 2 is 1.90 bits per heavy atom. The number of hydrogen-bond donors (Lipinski definition) is 1. The maximum atomic E-state index is 13.0. The fraction of sp³-hybridized carbons (Fsp3) is 0.333. The number of fused-ring (bicyclic) bond motifs is 1. The van der Waals surface area contributed by atoms with Gasteiger partial charge in [0.1, 0.15) is 0 Å². The fourth-order valence-electron chi connectivity index (χ4n) is 3.94. The van der Waals surface area contributed by atoms with E-state index in [1.54, 1.807) is 4.57 Å². The summed E-state index contributed by atoms with van der Waals surface area (Å²) in [7, 11) is 0. The minimum Gasteiger partial charge on any atom is -0.381 e. The van der Waals surface area contributed by atoms with E-state index in [0.717, 1.165) is 37.0 Å². The molecular formula is C24H25ClN2O3. The van der Waals surface area contributed by atoms with Crippen molar-refractivity contribution >= 4 is 34.0 Å². The Bertz CT molecular complexity index is 1100. The number of nitrogens with one attached hydrogen (secondary N) is 1. The monoisotopic (exact) mass is 424 g/mol. The molecule has 1 saturated heterocycles. The van der Waals surface area contributed by atoms with Gasteiger partial charge in [-0.05, 0) is 61.1 Å². The van der Waals surface area contributed by atoms with Crippen LogP contribution in [0, 0.1) is 5.92 Å². The van der Waals surface area contributed by atoms with E-state index >= 15 is 0 Å². The largest absolute Gasteiger partial charge is 0.381 e. The van der Waals surface area contributed by atoms with Crippen molar-refractivity contribution in [3.63, 3.8) is 0 Å². The molecule has 1 N–H and O–H groups in total. The van der Waals surface area contributed by atoms with E-state index in [1.165, 1.54) is 0 Å². The molecule has 4 rings (SSSR count). The molecule has 0 bridgehead atoms. The summed E-state index contributed by atoms with van der Waals surface area (Å²) in [6.07, 6.45) is 4.74. The van der Waals surface area contributed by atoms with Crippen LogP contribution in [0.1, 0.15) is 24.8 Å². The molecule has 0 unspecified atom stereocenters. The number of ether oxygens (including phenoxy) is 1. The third kappa shape index (κ3) is 4.91. The first-order valence-electron chi connectivity index (χ1n) is 10.3. The van der Waals surface area contributed by atoms with Crippen LogP contribution >= 0.6 is 11.6 Å². The Labute approximate surface area is 180 Å². The van der Waals surface area contributed by atoms with Gasteiger partial charge >= 0.3 is 0 Å². The van der Waals surface area contributed by atoms with E-state index in [9.17, 15) is 9.59 Å². The molecule has 1 aromatic heterocycles. The number of halogens is 1. The summed E-state index contributed by atoms with van der Waals surface area (Å²) in [6, 6.07) is 14.9. The Morgan fingerprint density at radius 3 is 2.70 bits per heavy atom. The lowest BCUT2D eigenvalue weighted by molar-refractivity contribution is -0.116. The smallest absolute Gasteiger partial charge is 0.258 e. The SMILES string of the molecule is O=C(CCc1cccc(Cl)c1)Nc1cccc2c(=O)n(CC3CCOCC3)ccc12. The average molecular weight is 425 g/mol. The predicted octanol–water partition coefficient (Wildman–Crippen LogP) is 4.65. The van der Waals surface area contributed by atoms with Crippen molar-refractivity contribution in [2.24, 2.45) is 5.92 Å². The van der Waals surface area contributed by atoms with Crippen LogP contribution in [0.2, 0.25) is 5.02 Å². The molecule has 0 spiro atoms. The molecule has 1 amide bonds. The number of nitrogens with zero attached hydrogens (tertiary/aromatic N) is 1. The van der Waals surface area contributed by atoms with Crippen LogP contribution in [0.15, 0.2) is 59.5 Å². The third-order valence-electron chi connectivity index (χ3n) is 5.62. The van der Waals surface area contributed by atoms with Gasteiger partial charge in [-0.2, -0.15) is 0 Å². The molecule has 6 heteroatoms. The van der Waals surface area contributed by atoms with Crippen molar-refractivity contribution in [3.05, 3.63) is 75.7 Å². The van der Waals surface area contributed by atoms with Crippen molar-refractivity contribution < 1.29 is 9.53 Å². The zero-order chi connectivity index (χ0) is 20.9. The van der Waals surface area contributed by atoms with Gasteiger partial charge in [0.25, 0.3) is 5.56 Å². The highest BCUT2D eigenvalue weighted by molar-refractivity contribution is 6.30. The van der Waals surface area contributed by atoms with Gasteiger partial charge in [-0.3, -0.25) is 9.59 Å². The van der Waals surface area contributed by atoms with E-state index in [0.29, 0.717) is 41.4 Å². The van der Waals surface area contributed by atoms with Gasteiger partial charge in [-0.1, -0.05) is 29.8 Å². The van der Waals surface area contributed by atoms with E-state index in [4.69, 9.17) is 16.3 Å². The lowest BCUT2D eigenvalue weighted by Gasteiger charge is -2.23. The van der Waals surface area contributed by atoms with E-state index in [2.05, 4.69) is 5.32 Å². The second-order valence-corrected chi connectivity index (χ2v) is 8.21. The summed E-state index contributed by atoms with van der Waals surface area (Å²) in [5.41, 5.74) is 1.67. The molecule has 3 aromatic rings. The van der Waals surface area contributed by atoms with Crippen LogP contribution in [0.3, 0.4) is 0 Å². The number of anilines is 1. The molecule has 2 heterocycles. The van der Waals surface area contributed by atoms with Crippen LogP contribution in [-0.2, 0) is 22.5 Å². The van der Waals surface area contributed by atoms with Crippen LogP contribution < -0.4 is 10.9 Å². The lowest BCUT2D eigenvalue weighted by atomic mass is 10.00. The first kappa shape index (κ1) is 20.6. The number of amides is 1. The molecule has 1 aliphatic rings. The second-order valence-electron chi connectivity index (χ2n) is 7.77. The van der Waals surface area contributed by atoms with Crippen molar-refractivity contribution in [3.8, 4) is 0 Å². The topological polar surface area (TPSA) is 60.3 Å². The number of carbonyl (C=O) groups is 1. The van der Waals surface area contributed by atoms with Crippen molar-refractivity contribution in [2.75, 3.05) is 18.5 Å². The number of carbonyl (C=O) groups excluding carboxylic acids is 1. The number of hydrogen-bond acceptors (Lipinski definition) is 3. The van der Waals surface area contributed by atoms with Gasteiger partial charge in [-0.15, -0.1) is 0 Å². The molecule has 0 radical (unpaired) electrons. The second kappa shape index (κ2) is 9.45. The fourth-order valence-corrected chi connectivity index (χ4v) is 4.15. The normalized spacial score (nSPS) is 14.7. The summed E-state index contributed by atoms with van der Waals surface area (Å²) in [5, 5.41) is 5.01. The minimum atomic E-state index is -0.0890. The summed E-state index contributed by atoms with van der Waals surface area (Å²) in [5.74, 6) is 0.372. The predicted molar refractivity (Wildman–Crippen MR) is 120 cm³/mol. The Kier molecular flexibility index (Phi) is 6.50. The maximum Gasteiger partial charge on any atom is 0.258 e. The molecule has 1 aliphatic heterocycles. The molecule has 156 valence electrons. The number of benzene rings is 2. The number of pyridine rings is 1. The lowest BCUT2D eigenvalue weighted by Crippen LogP contribution is -2.27. The molecule has 0 aliphatic carbocycles. The quantitative estimate of drug-likeness (QED) is 0.626. The molecule has 1 fully saturated rings. The van der Waals surface area contributed by atoms with Crippen molar-refractivity contribution in [2.45, 2.75) is 32.2 Å². The summed E-state index contributed by atoms with van der Waals surface area (Å²) >= 11 is 6.01. The van der Waals surface area contributed by atoms with Gasteiger partial charge in [0.2, 0.25) is 5.91 Å². The first-order valence-corrected chi connectivity index (χ1v) is 10.7. The van der Waals surface area contributed by atoms with Crippen LogP contribution in [-0.4, -0.2) is 23.7 Å². The van der Waals surface area contributed by atoms with Crippen LogP contribution in [0.25, 0.3) is 10.8 Å². The molecular weight excluding hydrogens is 400 g/mol. The number of aryl methyl sites for hydroxylation is 1. The number of rotatable bonds is 6. The van der Waals surface area contributed by atoms with Crippen LogP contribution in [0.5, 0.6) is 0 Å². The van der Waals surface area contributed by atoms with Crippen LogP contribution in [0.4, 0.5) is 5.69 Å². The summed E-state index contributed by atoms with van der Waals surface area (Å²) < 4.78 is 7.19. The Hall–Kier alpha value is -2.63. The van der Waals surface area contributed by atoms with E-state index in [1.807, 2.05) is 54.7 Å². The third-order valence-corrected chi connectivity index (χ3v) is 5.85. The Morgan fingerprint density at radius 1 is 1.10 bits per heavy atom. The van der Waals surface area contributed by atoms with Gasteiger partial charge in [0, 0.05) is 53.9 Å². The first-order chi connectivity index (χ1) is 14.6. The molecule has 30 heavy (non-hydrogen) atoms. The highest BCUT2D eigenvalue weighted by Gasteiger charge is 2.16. The zero-order valence-electron chi connectivity index (χ0n) is 16.8. The molecule has 0 saturated carbocycles. The standard InChI is InChI=1S/C24H25ClN2O3/c25-19-4-1-3-17(15-19)7-8-23(28)26-22-6-2-5-21-20(22)9-12-27(24(21)29)16-18-10-13-30-14-11-18/h1-6,9,12,15,18H,7-8,10-11,13-14,16H2,(H,26,28).